The molecule has 4 heteroatoms. The van der Waals surface area contributed by atoms with E-state index in [-0.39, 0.29) is 17.9 Å². The Labute approximate surface area is 172 Å². The number of piperidine rings is 1. The normalized spacial score (nSPS) is 26.9. The van der Waals surface area contributed by atoms with Crippen molar-refractivity contribution in [2.24, 2.45) is 5.92 Å². The van der Waals surface area contributed by atoms with Crippen molar-refractivity contribution in [3.05, 3.63) is 71.8 Å². The molecule has 4 nitrogen and oxygen atoms in total. The molecule has 29 heavy (non-hydrogen) atoms. The van der Waals surface area contributed by atoms with Crippen LogP contribution in [0, 0.1) is 5.92 Å². The summed E-state index contributed by atoms with van der Waals surface area (Å²) in [4.78, 5) is 15.2. The van der Waals surface area contributed by atoms with Crippen molar-refractivity contribution in [3.8, 4) is 5.75 Å². The average molecular weight is 392 g/mol. The maximum absolute atomic E-state index is 13.3. The number of likely N-dealkylation sites (tertiary alicyclic amines) is 1. The third-order valence-electron chi connectivity index (χ3n) is 6.53. The van der Waals surface area contributed by atoms with Crippen LogP contribution in [0.4, 0.5) is 0 Å². The summed E-state index contributed by atoms with van der Waals surface area (Å²) >= 11 is 0. The van der Waals surface area contributed by atoms with Crippen molar-refractivity contribution in [3.63, 3.8) is 0 Å². The van der Waals surface area contributed by atoms with Crippen molar-refractivity contribution in [1.29, 1.82) is 0 Å². The molecule has 3 atom stereocenters. The zero-order valence-corrected chi connectivity index (χ0v) is 17.0. The third-order valence-corrected chi connectivity index (χ3v) is 6.53. The first-order valence-electron chi connectivity index (χ1n) is 10.5. The van der Waals surface area contributed by atoms with Gasteiger partial charge in [-0.05, 0) is 37.0 Å². The Morgan fingerprint density at radius 2 is 1.86 bits per heavy atom. The molecule has 1 aliphatic heterocycles. The van der Waals surface area contributed by atoms with Crippen molar-refractivity contribution in [1.82, 2.24) is 4.90 Å². The average Bonchev–Trinajstić information content (AvgIpc) is 2.77. The molecule has 1 saturated carbocycles. The lowest BCUT2D eigenvalue weighted by Crippen LogP contribution is -2.56. The first kappa shape index (κ1) is 19.7. The van der Waals surface area contributed by atoms with Crippen molar-refractivity contribution >= 4 is 12.0 Å². The highest BCUT2D eigenvalue weighted by Crippen LogP contribution is 2.50. The van der Waals surface area contributed by atoms with Gasteiger partial charge in [0.1, 0.15) is 5.75 Å². The number of para-hydroxylation sites is 1. The summed E-state index contributed by atoms with van der Waals surface area (Å²) in [6, 6.07) is 17.6. The number of aliphatic hydroxyl groups is 1. The second-order valence-corrected chi connectivity index (χ2v) is 8.17. The Balaban J connectivity index is 1.69. The second kappa shape index (κ2) is 8.42. The minimum atomic E-state index is -0.705. The minimum Gasteiger partial charge on any atom is -0.496 e. The summed E-state index contributed by atoms with van der Waals surface area (Å²) in [6.07, 6.45) is 8.02. The van der Waals surface area contributed by atoms with Gasteiger partial charge in [0.2, 0.25) is 5.91 Å². The summed E-state index contributed by atoms with van der Waals surface area (Å²) in [5.41, 5.74) is 1.28. The molecule has 152 valence electrons. The number of nitrogens with zero attached hydrogens (tertiary/aromatic N) is 1. The van der Waals surface area contributed by atoms with Gasteiger partial charge in [0.05, 0.1) is 18.8 Å². The van der Waals surface area contributed by atoms with Crippen molar-refractivity contribution in [2.75, 3.05) is 13.7 Å². The highest BCUT2D eigenvalue weighted by Gasteiger charge is 2.50. The third kappa shape index (κ3) is 3.95. The summed E-state index contributed by atoms with van der Waals surface area (Å²) in [5, 5.41) is 11.4. The molecule has 0 bridgehead atoms. The van der Waals surface area contributed by atoms with Gasteiger partial charge in [-0.1, -0.05) is 61.4 Å². The van der Waals surface area contributed by atoms with Crippen LogP contribution < -0.4 is 4.74 Å². The van der Waals surface area contributed by atoms with E-state index in [9.17, 15) is 9.90 Å². The van der Waals surface area contributed by atoms with E-state index in [1.807, 2.05) is 65.6 Å². The molecular weight excluding hydrogens is 362 g/mol. The largest absolute Gasteiger partial charge is 0.496 e. The van der Waals surface area contributed by atoms with E-state index in [1.165, 1.54) is 0 Å². The van der Waals surface area contributed by atoms with Gasteiger partial charge in [0, 0.05) is 24.1 Å². The zero-order chi connectivity index (χ0) is 20.3. The molecule has 0 radical (unpaired) electrons. The van der Waals surface area contributed by atoms with Gasteiger partial charge in [-0.25, -0.2) is 0 Å². The Morgan fingerprint density at radius 1 is 1.10 bits per heavy atom. The fraction of sp³-hybridized carbons (Fsp3) is 0.400. The van der Waals surface area contributed by atoms with Gasteiger partial charge in [-0.15, -0.1) is 0 Å². The van der Waals surface area contributed by atoms with Crippen LogP contribution in [-0.2, 0) is 4.79 Å². The minimum absolute atomic E-state index is 0.0163. The Hall–Kier alpha value is -2.59. The van der Waals surface area contributed by atoms with Gasteiger partial charge < -0.3 is 14.7 Å². The van der Waals surface area contributed by atoms with Crippen molar-refractivity contribution < 1.29 is 14.6 Å². The van der Waals surface area contributed by atoms with E-state index in [2.05, 4.69) is 0 Å². The van der Waals surface area contributed by atoms with E-state index in [1.54, 1.807) is 13.2 Å². The second-order valence-electron chi connectivity index (χ2n) is 8.17. The van der Waals surface area contributed by atoms with Crippen LogP contribution in [0.5, 0.6) is 5.75 Å². The molecule has 1 saturated heterocycles. The number of hydrogen-bond acceptors (Lipinski definition) is 3. The smallest absolute Gasteiger partial charge is 0.247 e. The standard InChI is InChI=1S/C25H29NO3/c1-29-22-13-6-5-11-20(22)24-21-12-7-8-16-25(21,28)17-18-26(24)23(27)15-14-19-9-3-2-4-10-19/h2-6,9-11,13-15,21,24,28H,7-8,12,16-18H2,1H3/b15-14+/t21-,24-,25-/m1/s1. The maximum Gasteiger partial charge on any atom is 0.247 e. The number of carbonyl (C=O) groups excluding carboxylic acids is 1. The van der Waals surface area contributed by atoms with E-state index < -0.39 is 5.60 Å². The quantitative estimate of drug-likeness (QED) is 0.775. The molecule has 0 spiro atoms. The fourth-order valence-electron chi connectivity index (χ4n) is 5.05. The number of carbonyl (C=O) groups is 1. The van der Waals surface area contributed by atoms with E-state index in [0.717, 1.165) is 42.6 Å². The summed E-state index contributed by atoms with van der Waals surface area (Å²) in [5.74, 6) is 0.782. The van der Waals surface area contributed by atoms with Crippen LogP contribution in [0.15, 0.2) is 60.7 Å². The number of amides is 1. The number of methoxy groups -OCH3 is 1. The van der Waals surface area contributed by atoms with Gasteiger partial charge in [0.25, 0.3) is 0 Å². The number of rotatable bonds is 4. The number of benzene rings is 2. The summed E-state index contributed by atoms with van der Waals surface area (Å²) < 4.78 is 5.63. The van der Waals surface area contributed by atoms with Gasteiger partial charge in [0.15, 0.2) is 0 Å². The monoisotopic (exact) mass is 391 g/mol. The molecular formula is C25H29NO3. The highest BCUT2D eigenvalue weighted by atomic mass is 16.5. The molecule has 1 aliphatic carbocycles. The molecule has 1 amide bonds. The molecule has 2 aromatic carbocycles. The lowest BCUT2D eigenvalue weighted by molar-refractivity contribution is -0.151. The van der Waals surface area contributed by atoms with E-state index in [0.29, 0.717) is 13.0 Å². The van der Waals surface area contributed by atoms with Crippen LogP contribution in [-0.4, -0.2) is 35.2 Å². The molecule has 2 aromatic rings. The molecule has 0 unspecified atom stereocenters. The zero-order valence-electron chi connectivity index (χ0n) is 17.0. The van der Waals surface area contributed by atoms with Crippen LogP contribution in [0.2, 0.25) is 0 Å². The Morgan fingerprint density at radius 3 is 2.66 bits per heavy atom. The number of ether oxygens (including phenoxy) is 1. The Bertz CT molecular complexity index is 879. The molecule has 2 aliphatic rings. The summed E-state index contributed by atoms with van der Waals surface area (Å²) in [6.45, 7) is 0.549. The predicted molar refractivity (Wildman–Crippen MR) is 114 cm³/mol. The molecule has 0 aromatic heterocycles. The topological polar surface area (TPSA) is 49.8 Å². The lowest BCUT2D eigenvalue weighted by atomic mass is 9.66. The molecule has 2 fully saturated rings. The molecule has 4 rings (SSSR count). The van der Waals surface area contributed by atoms with Crippen LogP contribution in [0.1, 0.15) is 49.3 Å². The lowest BCUT2D eigenvalue weighted by Gasteiger charge is -2.52. The first-order chi connectivity index (χ1) is 14.1. The number of fused-ring (bicyclic) bond motifs is 1. The number of hydrogen-bond donors (Lipinski definition) is 1. The van der Waals surface area contributed by atoms with Gasteiger partial charge in [-0.3, -0.25) is 4.79 Å². The fourth-order valence-corrected chi connectivity index (χ4v) is 5.05. The highest BCUT2D eigenvalue weighted by molar-refractivity contribution is 5.92. The van der Waals surface area contributed by atoms with Crippen LogP contribution in [0.3, 0.4) is 0 Å². The van der Waals surface area contributed by atoms with Gasteiger partial charge in [-0.2, -0.15) is 0 Å². The van der Waals surface area contributed by atoms with Crippen LogP contribution >= 0.6 is 0 Å². The summed E-state index contributed by atoms with van der Waals surface area (Å²) in [7, 11) is 1.66. The Kier molecular flexibility index (Phi) is 5.72. The first-order valence-corrected chi connectivity index (χ1v) is 10.5. The predicted octanol–water partition coefficient (Wildman–Crippen LogP) is 4.60. The van der Waals surface area contributed by atoms with E-state index >= 15 is 0 Å². The van der Waals surface area contributed by atoms with Gasteiger partial charge >= 0.3 is 0 Å². The van der Waals surface area contributed by atoms with Crippen molar-refractivity contribution in [2.45, 2.75) is 43.7 Å². The maximum atomic E-state index is 13.3. The SMILES string of the molecule is COc1ccccc1[C@@H]1[C@H]2CCCC[C@@]2(O)CCN1C(=O)/C=C/c1ccccc1. The van der Waals surface area contributed by atoms with Crippen LogP contribution in [0.25, 0.3) is 6.08 Å². The molecule has 1 heterocycles. The van der Waals surface area contributed by atoms with E-state index in [4.69, 9.17) is 4.74 Å². The molecule has 1 N–H and O–H groups in total.